The number of halogens is 3. The number of aromatic nitrogens is 4. The molecule has 0 atom stereocenters. The van der Waals surface area contributed by atoms with Crippen LogP contribution in [0.2, 0.25) is 0 Å². The average Bonchev–Trinajstić information content (AvgIpc) is 2.87. The lowest BCUT2D eigenvalue weighted by Gasteiger charge is -2.26. The van der Waals surface area contributed by atoms with Crippen LogP contribution in [0, 0.1) is 6.92 Å². The standard InChI is InChI=1S/C15H21F3N6O/c1-9-11(7-21-24(9)14(2,3)8-25-5)22-13-20-6-10(15(16,17)18)12(19-4)23-13/h6-7H,8H2,1-5H3,(H2,19,20,22,23). The Labute approximate surface area is 143 Å². The van der Waals surface area contributed by atoms with Gasteiger partial charge in [-0.1, -0.05) is 0 Å². The fourth-order valence-corrected chi connectivity index (χ4v) is 2.52. The minimum atomic E-state index is -4.53. The van der Waals surface area contributed by atoms with E-state index in [4.69, 9.17) is 4.74 Å². The van der Waals surface area contributed by atoms with Gasteiger partial charge in [-0.3, -0.25) is 4.68 Å². The fraction of sp³-hybridized carbons (Fsp3) is 0.533. The van der Waals surface area contributed by atoms with Gasteiger partial charge in [0.25, 0.3) is 0 Å². The highest BCUT2D eigenvalue weighted by Gasteiger charge is 2.35. The molecule has 10 heteroatoms. The number of alkyl halides is 3. The van der Waals surface area contributed by atoms with Crippen LogP contribution in [-0.2, 0) is 16.5 Å². The fourth-order valence-electron chi connectivity index (χ4n) is 2.52. The predicted molar refractivity (Wildman–Crippen MR) is 88.0 cm³/mol. The number of rotatable bonds is 6. The Bertz CT molecular complexity index is 741. The van der Waals surface area contributed by atoms with E-state index in [0.717, 1.165) is 11.9 Å². The van der Waals surface area contributed by atoms with Crippen molar-refractivity contribution in [3.63, 3.8) is 0 Å². The van der Waals surface area contributed by atoms with Gasteiger partial charge in [-0.05, 0) is 20.8 Å². The van der Waals surface area contributed by atoms with Crippen LogP contribution in [-0.4, -0.2) is 40.5 Å². The first-order chi connectivity index (χ1) is 11.6. The van der Waals surface area contributed by atoms with Crippen molar-refractivity contribution in [3.8, 4) is 0 Å². The lowest BCUT2D eigenvalue weighted by atomic mass is 10.1. The van der Waals surface area contributed by atoms with E-state index in [-0.39, 0.29) is 17.3 Å². The largest absolute Gasteiger partial charge is 0.421 e. The van der Waals surface area contributed by atoms with E-state index in [9.17, 15) is 13.2 Å². The highest BCUT2D eigenvalue weighted by Crippen LogP contribution is 2.34. The molecule has 25 heavy (non-hydrogen) atoms. The maximum absolute atomic E-state index is 12.9. The van der Waals surface area contributed by atoms with Gasteiger partial charge in [0.05, 0.1) is 29.7 Å². The molecule has 0 fully saturated rings. The van der Waals surface area contributed by atoms with Gasteiger partial charge >= 0.3 is 6.18 Å². The number of hydrogen-bond donors (Lipinski definition) is 2. The van der Waals surface area contributed by atoms with Crippen molar-refractivity contribution in [3.05, 3.63) is 23.7 Å². The Balaban J connectivity index is 2.31. The third-order valence-electron chi connectivity index (χ3n) is 3.66. The van der Waals surface area contributed by atoms with Gasteiger partial charge in [0.15, 0.2) is 0 Å². The Morgan fingerprint density at radius 1 is 1.24 bits per heavy atom. The molecule has 0 saturated heterocycles. The van der Waals surface area contributed by atoms with Crippen LogP contribution in [0.1, 0.15) is 25.1 Å². The van der Waals surface area contributed by atoms with Gasteiger partial charge in [0.1, 0.15) is 11.4 Å². The molecule has 0 spiro atoms. The van der Waals surface area contributed by atoms with Crippen LogP contribution in [0.5, 0.6) is 0 Å². The smallest absolute Gasteiger partial charge is 0.382 e. The quantitative estimate of drug-likeness (QED) is 0.826. The lowest BCUT2D eigenvalue weighted by molar-refractivity contribution is -0.137. The molecule has 0 aliphatic heterocycles. The predicted octanol–water partition coefficient (Wildman–Crippen LogP) is 3.17. The van der Waals surface area contributed by atoms with Crippen LogP contribution in [0.15, 0.2) is 12.4 Å². The molecule has 0 aliphatic rings. The summed E-state index contributed by atoms with van der Waals surface area (Å²) in [4.78, 5) is 7.64. The molecule has 7 nitrogen and oxygen atoms in total. The van der Waals surface area contributed by atoms with Gasteiger partial charge in [0, 0.05) is 20.4 Å². The molecule has 0 saturated carbocycles. The van der Waals surface area contributed by atoms with Gasteiger partial charge in [-0.25, -0.2) is 4.98 Å². The first kappa shape index (κ1) is 19.0. The summed E-state index contributed by atoms with van der Waals surface area (Å²) < 4.78 is 45.7. The number of anilines is 3. The highest BCUT2D eigenvalue weighted by atomic mass is 19.4. The molecule has 2 N–H and O–H groups in total. The second kappa shape index (κ2) is 6.87. The van der Waals surface area contributed by atoms with Crippen LogP contribution in [0.3, 0.4) is 0 Å². The van der Waals surface area contributed by atoms with E-state index in [1.807, 2.05) is 20.8 Å². The lowest BCUT2D eigenvalue weighted by Crippen LogP contribution is -2.33. The maximum atomic E-state index is 12.9. The van der Waals surface area contributed by atoms with E-state index in [2.05, 4.69) is 25.7 Å². The zero-order valence-corrected chi connectivity index (χ0v) is 14.7. The molecule has 138 valence electrons. The number of nitrogens with zero attached hydrogens (tertiary/aromatic N) is 4. The summed E-state index contributed by atoms with van der Waals surface area (Å²) in [5.41, 5.74) is 0.0901. The zero-order valence-electron chi connectivity index (χ0n) is 14.7. The van der Waals surface area contributed by atoms with Gasteiger partial charge in [0.2, 0.25) is 5.95 Å². The zero-order chi connectivity index (χ0) is 18.8. The molecule has 2 rings (SSSR count). The third kappa shape index (κ3) is 4.01. The molecule has 0 amide bonds. The Morgan fingerprint density at radius 3 is 2.48 bits per heavy atom. The van der Waals surface area contributed by atoms with Crippen molar-refractivity contribution < 1.29 is 17.9 Å². The van der Waals surface area contributed by atoms with E-state index < -0.39 is 11.7 Å². The molecule has 0 unspecified atom stereocenters. The van der Waals surface area contributed by atoms with E-state index >= 15 is 0 Å². The molecule has 2 heterocycles. The number of hydrogen-bond acceptors (Lipinski definition) is 6. The van der Waals surface area contributed by atoms with Crippen LogP contribution in [0.4, 0.5) is 30.6 Å². The van der Waals surface area contributed by atoms with Crippen molar-refractivity contribution in [2.24, 2.45) is 0 Å². The van der Waals surface area contributed by atoms with Crippen molar-refractivity contribution >= 4 is 17.5 Å². The molecule has 0 radical (unpaired) electrons. The van der Waals surface area contributed by atoms with Crippen molar-refractivity contribution in [2.45, 2.75) is 32.5 Å². The minimum absolute atomic E-state index is 0.0459. The molecule has 2 aromatic rings. The maximum Gasteiger partial charge on any atom is 0.421 e. The van der Waals surface area contributed by atoms with E-state index in [0.29, 0.717) is 12.3 Å². The van der Waals surface area contributed by atoms with Crippen molar-refractivity contribution in [2.75, 3.05) is 31.4 Å². The van der Waals surface area contributed by atoms with Gasteiger partial charge in [-0.2, -0.15) is 23.3 Å². The topological polar surface area (TPSA) is 76.9 Å². The molecule has 2 aromatic heterocycles. The van der Waals surface area contributed by atoms with Crippen molar-refractivity contribution in [1.82, 2.24) is 19.7 Å². The molecular weight excluding hydrogens is 337 g/mol. The minimum Gasteiger partial charge on any atom is -0.382 e. The number of nitrogens with one attached hydrogen (secondary N) is 2. The Kier molecular flexibility index (Phi) is 5.21. The number of ether oxygens (including phenoxy) is 1. The van der Waals surface area contributed by atoms with Gasteiger partial charge < -0.3 is 15.4 Å². The van der Waals surface area contributed by atoms with Crippen molar-refractivity contribution in [1.29, 1.82) is 0 Å². The SMILES string of the molecule is CNc1nc(Nc2cnn(C(C)(C)COC)c2C)ncc1C(F)(F)F. The average molecular weight is 358 g/mol. The van der Waals surface area contributed by atoms with E-state index in [1.165, 1.54) is 7.05 Å². The molecule has 0 aromatic carbocycles. The second-order valence-electron chi connectivity index (χ2n) is 6.13. The Hall–Kier alpha value is -2.36. The van der Waals surface area contributed by atoms with Crippen LogP contribution >= 0.6 is 0 Å². The van der Waals surface area contributed by atoms with Crippen LogP contribution < -0.4 is 10.6 Å². The summed E-state index contributed by atoms with van der Waals surface area (Å²) in [5.74, 6) is -0.251. The van der Waals surface area contributed by atoms with Crippen LogP contribution in [0.25, 0.3) is 0 Å². The summed E-state index contributed by atoms with van der Waals surface area (Å²) in [6, 6.07) is 0. The monoisotopic (exact) mass is 358 g/mol. The third-order valence-corrected chi connectivity index (χ3v) is 3.66. The molecular formula is C15H21F3N6O. The Morgan fingerprint density at radius 2 is 1.92 bits per heavy atom. The van der Waals surface area contributed by atoms with E-state index in [1.54, 1.807) is 18.0 Å². The van der Waals surface area contributed by atoms with Gasteiger partial charge in [-0.15, -0.1) is 0 Å². The normalized spacial score (nSPS) is 12.3. The second-order valence-corrected chi connectivity index (χ2v) is 6.13. The summed E-state index contributed by atoms with van der Waals surface area (Å²) in [5, 5.41) is 9.67. The molecule has 0 bridgehead atoms. The first-order valence-corrected chi connectivity index (χ1v) is 7.53. The molecule has 0 aliphatic carbocycles. The highest BCUT2D eigenvalue weighted by molar-refractivity contribution is 5.58. The summed E-state index contributed by atoms with van der Waals surface area (Å²) in [6.07, 6.45) is -2.20. The first-order valence-electron chi connectivity index (χ1n) is 7.53. The summed E-state index contributed by atoms with van der Waals surface area (Å²) >= 11 is 0. The number of methoxy groups -OCH3 is 1. The summed E-state index contributed by atoms with van der Waals surface area (Å²) in [7, 11) is 2.98. The summed E-state index contributed by atoms with van der Waals surface area (Å²) in [6.45, 7) is 6.23.